The maximum atomic E-state index is 5.68. The predicted octanol–water partition coefficient (Wildman–Crippen LogP) is 3.72. The Balaban J connectivity index is 1.56. The second-order valence-corrected chi connectivity index (χ2v) is 6.84. The fourth-order valence-electron chi connectivity index (χ4n) is 3.90. The molecule has 0 amide bonds. The van der Waals surface area contributed by atoms with E-state index in [1.807, 2.05) is 12.1 Å². The van der Waals surface area contributed by atoms with Crippen molar-refractivity contribution in [2.75, 3.05) is 13.7 Å². The third kappa shape index (κ3) is 3.54. The van der Waals surface area contributed by atoms with Crippen LogP contribution >= 0.6 is 12.2 Å². The van der Waals surface area contributed by atoms with Gasteiger partial charge in [0.15, 0.2) is 5.11 Å². The Bertz CT molecular complexity index is 500. The van der Waals surface area contributed by atoms with E-state index in [0.29, 0.717) is 6.04 Å². The van der Waals surface area contributed by atoms with Crippen molar-refractivity contribution in [1.29, 1.82) is 0 Å². The van der Waals surface area contributed by atoms with Crippen molar-refractivity contribution in [3.8, 4) is 5.75 Å². The molecule has 0 aromatic heterocycles. The van der Waals surface area contributed by atoms with Gasteiger partial charge in [0.05, 0.1) is 7.11 Å². The molecule has 0 spiro atoms. The fourth-order valence-corrected chi connectivity index (χ4v) is 4.20. The molecule has 0 bridgehead atoms. The molecule has 2 atom stereocenters. The SMILES string of the molecule is COc1ccc(CNC(=S)N2CCC[C@@H]3CCCC[C@@H]32)cc1. The minimum atomic E-state index is 0.679. The van der Waals surface area contributed by atoms with Gasteiger partial charge < -0.3 is 15.0 Å². The van der Waals surface area contributed by atoms with Crippen LogP contribution in [0, 0.1) is 5.92 Å². The number of piperidine rings is 1. The highest BCUT2D eigenvalue weighted by atomic mass is 32.1. The number of hydrogen-bond donors (Lipinski definition) is 1. The van der Waals surface area contributed by atoms with Crippen LogP contribution in [0.2, 0.25) is 0 Å². The highest BCUT2D eigenvalue weighted by Crippen LogP contribution is 2.35. The van der Waals surface area contributed by atoms with Crippen LogP contribution in [0.4, 0.5) is 0 Å². The lowest BCUT2D eigenvalue weighted by molar-refractivity contribution is 0.118. The maximum absolute atomic E-state index is 5.68. The number of nitrogens with one attached hydrogen (secondary N) is 1. The lowest BCUT2D eigenvalue weighted by atomic mass is 9.78. The summed E-state index contributed by atoms with van der Waals surface area (Å²) in [5.74, 6) is 1.76. The first-order valence-corrected chi connectivity index (χ1v) is 8.86. The van der Waals surface area contributed by atoms with Crippen LogP contribution in [0.15, 0.2) is 24.3 Å². The zero-order chi connectivity index (χ0) is 15.4. The molecule has 1 aromatic rings. The largest absolute Gasteiger partial charge is 0.497 e. The topological polar surface area (TPSA) is 24.5 Å². The molecule has 1 aliphatic carbocycles. The average Bonchev–Trinajstić information content (AvgIpc) is 2.59. The molecular weight excluding hydrogens is 292 g/mol. The van der Waals surface area contributed by atoms with Crippen LogP contribution in [0.5, 0.6) is 5.75 Å². The number of benzene rings is 1. The average molecular weight is 318 g/mol. The van der Waals surface area contributed by atoms with Crippen molar-refractivity contribution < 1.29 is 4.74 Å². The van der Waals surface area contributed by atoms with E-state index in [1.165, 1.54) is 44.1 Å². The van der Waals surface area contributed by atoms with Gasteiger partial charge in [0.2, 0.25) is 0 Å². The van der Waals surface area contributed by atoms with Crippen molar-refractivity contribution in [1.82, 2.24) is 10.2 Å². The Kier molecular flexibility index (Phi) is 5.19. The molecule has 2 aliphatic rings. The molecule has 1 saturated heterocycles. The van der Waals surface area contributed by atoms with Gasteiger partial charge in [-0.05, 0) is 61.5 Å². The monoisotopic (exact) mass is 318 g/mol. The molecule has 3 nitrogen and oxygen atoms in total. The molecule has 1 aromatic carbocycles. The molecule has 120 valence electrons. The van der Waals surface area contributed by atoms with E-state index < -0.39 is 0 Å². The standard InChI is InChI=1S/C18H26N2OS/c1-21-16-10-8-14(9-11-16)13-19-18(22)20-12-4-6-15-5-2-3-7-17(15)20/h8-11,15,17H,2-7,12-13H2,1H3,(H,19,22)/t15-,17-/m0/s1. The van der Waals surface area contributed by atoms with E-state index >= 15 is 0 Å². The lowest BCUT2D eigenvalue weighted by Crippen LogP contribution is -2.52. The summed E-state index contributed by atoms with van der Waals surface area (Å²) in [7, 11) is 1.69. The molecule has 1 N–H and O–H groups in total. The van der Waals surface area contributed by atoms with Gasteiger partial charge in [0, 0.05) is 19.1 Å². The normalized spacial score (nSPS) is 24.5. The van der Waals surface area contributed by atoms with Gasteiger partial charge in [-0.2, -0.15) is 0 Å². The molecule has 0 unspecified atom stereocenters. The minimum Gasteiger partial charge on any atom is -0.497 e. The van der Waals surface area contributed by atoms with Crippen LogP contribution in [-0.4, -0.2) is 29.7 Å². The number of fused-ring (bicyclic) bond motifs is 1. The second-order valence-electron chi connectivity index (χ2n) is 6.45. The van der Waals surface area contributed by atoms with E-state index in [-0.39, 0.29) is 0 Å². The maximum Gasteiger partial charge on any atom is 0.169 e. The fraction of sp³-hybridized carbons (Fsp3) is 0.611. The van der Waals surface area contributed by atoms with Crippen molar-refractivity contribution in [3.63, 3.8) is 0 Å². The first-order valence-electron chi connectivity index (χ1n) is 8.45. The molecule has 1 saturated carbocycles. The number of likely N-dealkylation sites (tertiary alicyclic amines) is 1. The molecule has 1 aliphatic heterocycles. The van der Waals surface area contributed by atoms with E-state index in [2.05, 4.69) is 22.3 Å². The second kappa shape index (κ2) is 7.32. The molecule has 0 radical (unpaired) electrons. The van der Waals surface area contributed by atoms with Crippen molar-refractivity contribution in [3.05, 3.63) is 29.8 Å². The zero-order valence-corrected chi connectivity index (χ0v) is 14.2. The summed E-state index contributed by atoms with van der Waals surface area (Å²) in [4.78, 5) is 2.46. The van der Waals surface area contributed by atoms with Crippen molar-refractivity contribution >= 4 is 17.3 Å². The number of thiocarbonyl (C=S) groups is 1. The Morgan fingerprint density at radius 1 is 1.18 bits per heavy atom. The smallest absolute Gasteiger partial charge is 0.169 e. The van der Waals surface area contributed by atoms with Crippen LogP contribution in [-0.2, 0) is 6.54 Å². The van der Waals surface area contributed by atoms with Gasteiger partial charge in [0.1, 0.15) is 5.75 Å². The summed E-state index contributed by atoms with van der Waals surface area (Å²) >= 11 is 5.68. The molecule has 1 heterocycles. The summed E-state index contributed by atoms with van der Waals surface area (Å²) in [6, 6.07) is 8.86. The van der Waals surface area contributed by atoms with Gasteiger partial charge in [-0.25, -0.2) is 0 Å². The number of methoxy groups -OCH3 is 1. The quantitative estimate of drug-likeness (QED) is 0.859. The van der Waals surface area contributed by atoms with Crippen molar-refractivity contribution in [2.24, 2.45) is 5.92 Å². The Labute approximate surface area is 139 Å². The summed E-state index contributed by atoms with van der Waals surface area (Å²) in [6.07, 6.45) is 8.14. The summed E-state index contributed by atoms with van der Waals surface area (Å²) < 4.78 is 5.19. The van der Waals surface area contributed by atoms with E-state index in [4.69, 9.17) is 17.0 Å². The Morgan fingerprint density at radius 2 is 1.91 bits per heavy atom. The summed E-state index contributed by atoms with van der Waals surface area (Å²) in [5.41, 5.74) is 1.24. The molecule has 4 heteroatoms. The van der Waals surface area contributed by atoms with Gasteiger partial charge in [-0.1, -0.05) is 25.0 Å². The van der Waals surface area contributed by atoms with Crippen LogP contribution in [0.1, 0.15) is 44.1 Å². The number of ether oxygens (including phenoxy) is 1. The highest BCUT2D eigenvalue weighted by Gasteiger charge is 2.34. The van der Waals surface area contributed by atoms with Gasteiger partial charge in [-0.15, -0.1) is 0 Å². The predicted molar refractivity (Wildman–Crippen MR) is 94.1 cm³/mol. The third-order valence-electron chi connectivity index (χ3n) is 5.11. The molecule has 2 fully saturated rings. The van der Waals surface area contributed by atoms with Gasteiger partial charge in [0.25, 0.3) is 0 Å². The number of hydrogen-bond acceptors (Lipinski definition) is 2. The molecular formula is C18H26N2OS. The Hall–Kier alpha value is -1.29. The minimum absolute atomic E-state index is 0.679. The van der Waals surface area contributed by atoms with E-state index in [9.17, 15) is 0 Å². The number of nitrogens with zero attached hydrogens (tertiary/aromatic N) is 1. The highest BCUT2D eigenvalue weighted by molar-refractivity contribution is 7.80. The first-order chi connectivity index (χ1) is 10.8. The zero-order valence-electron chi connectivity index (χ0n) is 13.4. The van der Waals surface area contributed by atoms with E-state index in [0.717, 1.165) is 29.9 Å². The summed E-state index contributed by atoms with van der Waals surface area (Å²) in [6.45, 7) is 1.91. The lowest BCUT2D eigenvalue weighted by Gasteiger charge is -2.45. The van der Waals surface area contributed by atoms with Gasteiger partial charge >= 0.3 is 0 Å². The molecule has 22 heavy (non-hydrogen) atoms. The van der Waals surface area contributed by atoms with Gasteiger partial charge in [-0.3, -0.25) is 0 Å². The van der Waals surface area contributed by atoms with E-state index in [1.54, 1.807) is 7.11 Å². The van der Waals surface area contributed by atoms with Crippen molar-refractivity contribution in [2.45, 2.75) is 51.1 Å². The van der Waals surface area contributed by atoms with Crippen LogP contribution < -0.4 is 10.1 Å². The Morgan fingerprint density at radius 3 is 2.68 bits per heavy atom. The van der Waals surface area contributed by atoms with Crippen LogP contribution in [0.25, 0.3) is 0 Å². The van der Waals surface area contributed by atoms with Crippen LogP contribution in [0.3, 0.4) is 0 Å². The number of rotatable bonds is 3. The first kappa shape index (κ1) is 15.6. The third-order valence-corrected chi connectivity index (χ3v) is 5.49. The molecule has 3 rings (SSSR count). The summed E-state index contributed by atoms with van der Waals surface area (Å²) in [5, 5.41) is 4.39.